The highest BCUT2D eigenvalue weighted by Gasteiger charge is 2.14. The molecule has 0 aliphatic carbocycles. The van der Waals surface area contributed by atoms with Crippen molar-refractivity contribution in [2.75, 3.05) is 5.32 Å². The number of aromatic amines is 1. The van der Waals surface area contributed by atoms with Crippen molar-refractivity contribution in [1.82, 2.24) is 10.2 Å². The minimum Gasteiger partial charge on any atom is -0.320 e. The molecule has 0 atom stereocenters. The Morgan fingerprint density at radius 2 is 2.19 bits per heavy atom. The van der Waals surface area contributed by atoms with E-state index in [-0.39, 0.29) is 11.4 Å². The molecule has 7 heteroatoms. The number of benzene rings is 1. The third-order valence-electron chi connectivity index (χ3n) is 3.05. The van der Waals surface area contributed by atoms with Crippen molar-refractivity contribution in [3.8, 4) is 0 Å². The van der Waals surface area contributed by atoms with Crippen LogP contribution in [0.4, 0.5) is 11.4 Å². The Balaban J connectivity index is 2.15. The molecule has 0 fully saturated rings. The van der Waals surface area contributed by atoms with Gasteiger partial charge in [-0.25, -0.2) is 0 Å². The maximum atomic E-state index is 12.0. The first-order chi connectivity index (χ1) is 10.0. The highest BCUT2D eigenvalue weighted by Crippen LogP contribution is 2.22. The largest absolute Gasteiger partial charge is 0.320 e. The molecule has 2 N–H and O–H groups in total. The molecule has 0 saturated heterocycles. The lowest BCUT2D eigenvalue weighted by Crippen LogP contribution is -2.12. The van der Waals surface area contributed by atoms with E-state index in [1.165, 1.54) is 6.07 Å². The number of nitrogens with zero attached hydrogens (tertiary/aromatic N) is 2. The fraction of sp³-hybridized carbons (Fsp3) is 0.286. The van der Waals surface area contributed by atoms with E-state index in [0.29, 0.717) is 11.3 Å². The molecule has 21 heavy (non-hydrogen) atoms. The summed E-state index contributed by atoms with van der Waals surface area (Å²) in [6, 6.07) is 6.24. The molecule has 0 radical (unpaired) electrons. The summed E-state index contributed by atoms with van der Waals surface area (Å²) in [5, 5.41) is 20.2. The molecule has 110 valence electrons. The van der Waals surface area contributed by atoms with Crippen LogP contribution < -0.4 is 5.32 Å². The van der Waals surface area contributed by atoms with Gasteiger partial charge in [-0.15, -0.1) is 0 Å². The lowest BCUT2D eigenvalue weighted by Gasteiger charge is -2.04. The molecule has 1 heterocycles. The number of nitrogens with one attached hydrogen (secondary N) is 2. The van der Waals surface area contributed by atoms with Gasteiger partial charge in [0.15, 0.2) is 5.69 Å². The first kappa shape index (κ1) is 14.7. The molecule has 0 saturated carbocycles. The standard InChI is InChI=1S/C14H16N4O3/c1-3-4-11-7-12(17-16-11)14(19)15-10-6-5-9(2)13(8-10)18(20)21/h5-8H,3-4H2,1-2H3,(H,15,19)(H,16,17). The number of hydrogen-bond donors (Lipinski definition) is 2. The summed E-state index contributed by atoms with van der Waals surface area (Å²) in [6.45, 7) is 3.68. The number of carbonyl (C=O) groups is 1. The molecule has 2 aromatic rings. The van der Waals surface area contributed by atoms with Crippen LogP contribution in [0, 0.1) is 17.0 Å². The lowest BCUT2D eigenvalue weighted by molar-refractivity contribution is -0.385. The van der Waals surface area contributed by atoms with Gasteiger partial charge in [-0.1, -0.05) is 19.4 Å². The van der Waals surface area contributed by atoms with Gasteiger partial charge in [0.05, 0.1) is 4.92 Å². The van der Waals surface area contributed by atoms with Crippen LogP contribution in [0.3, 0.4) is 0 Å². The third kappa shape index (κ3) is 3.44. The number of carbonyl (C=O) groups excluding carboxylic acids is 1. The van der Waals surface area contributed by atoms with E-state index in [4.69, 9.17) is 0 Å². The number of aromatic nitrogens is 2. The Morgan fingerprint density at radius 1 is 1.43 bits per heavy atom. The number of aryl methyl sites for hydroxylation is 2. The van der Waals surface area contributed by atoms with Crippen molar-refractivity contribution in [3.05, 3.63) is 51.3 Å². The number of anilines is 1. The summed E-state index contributed by atoms with van der Waals surface area (Å²) in [5.74, 6) is -0.397. The molecule has 0 aliphatic rings. The van der Waals surface area contributed by atoms with Crippen molar-refractivity contribution >= 4 is 17.3 Å². The lowest BCUT2D eigenvalue weighted by atomic mass is 10.2. The van der Waals surface area contributed by atoms with Gasteiger partial charge in [0.1, 0.15) is 0 Å². The summed E-state index contributed by atoms with van der Waals surface area (Å²) < 4.78 is 0. The van der Waals surface area contributed by atoms with Crippen LogP contribution in [-0.4, -0.2) is 21.0 Å². The van der Waals surface area contributed by atoms with E-state index in [2.05, 4.69) is 15.5 Å². The van der Waals surface area contributed by atoms with Crippen LogP contribution in [0.1, 0.15) is 35.1 Å². The molecule has 1 aromatic carbocycles. The van der Waals surface area contributed by atoms with Crippen molar-refractivity contribution in [2.45, 2.75) is 26.7 Å². The van der Waals surface area contributed by atoms with Crippen LogP contribution in [0.25, 0.3) is 0 Å². The fourth-order valence-corrected chi connectivity index (χ4v) is 1.95. The molecular formula is C14H16N4O3. The van der Waals surface area contributed by atoms with Gasteiger partial charge in [-0.2, -0.15) is 5.10 Å². The van der Waals surface area contributed by atoms with E-state index >= 15 is 0 Å². The number of H-pyrrole nitrogens is 1. The summed E-state index contributed by atoms with van der Waals surface area (Å²) in [6.07, 6.45) is 1.77. The van der Waals surface area contributed by atoms with Crippen molar-refractivity contribution in [3.63, 3.8) is 0 Å². The van der Waals surface area contributed by atoms with Gasteiger partial charge in [-0.05, 0) is 25.5 Å². The first-order valence-corrected chi connectivity index (χ1v) is 6.62. The molecule has 0 bridgehead atoms. The highest BCUT2D eigenvalue weighted by molar-refractivity contribution is 6.03. The minimum absolute atomic E-state index is 0.0264. The van der Waals surface area contributed by atoms with Gasteiger partial charge in [0.25, 0.3) is 11.6 Å². The molecule has 0 unspecified atom stereocenters. The predicted octanol–water partition coefficient (Wildman–Crippen LogP) is 2.83. The SMILES string of the molecule is CCCc1cc(C(=O)Nc2ccc(C)c([N+](=O)[O-])c2)n[nH]1. The van der Waals surface area contributed by atoms with Gasteiger partial charge < -0.3 is 5.32 Å². The van der Waals surface area contributed by atoms with Crippen LogP contribution in [0.2, 0.25) is 0 Å². The first-order valence-electron chi connectivity index (χ1n) is 6.62. The number of hydrogen-bond acceptors (Lipinski definition) is 4. The van der Waals surface area contributed by atoms with Gasteiger partial charge >= 0.3 is 0 Å². The summed E-state index contributed by atoms with van der Waals surface area (Å²) >= 11 is 0. The summed E-state index contributed by atoms with van der Waals surface area (Å²) in [7, 11) is 0. The number of amides is 1. The Labute approximate surface area is 121 Å². The fourth-order valence-electron chi connectivity index (χ4n) is 1.95. The van der Waals surface area contributed by atoms with Crippen LogP contribution in [0.15, 0.2) is 24.3 Å². The topological polar surface area (TPSA) is 101 Å². The molecule has 1 amide bonds. The predicted molar refractivity (Wildman–Crippen MR) is 78.4 cm³/mol. The number of nitro groups is 1. The molecule has 7 nitrogen and oxygen atoms in total. The molecule has 1 aromatic heterocycles. The third-order valence-corrected chi connectivity index (χ3v) is 3.05. The second-order valence-corrected chi connectivity index (χ2v) is 4.74. The molecule has 0 spiro atoms. The van der Waals surface area contributed by atoms with Crippen LogP contribution in [0.5, 0.6) is 0 Å². The molecular weight excluding hydrogens is 272 g/mol. The van der Waals surface area contributed by atoms with Gasteiger partial charge in [0.2, 0.25) is 0 Å². The van der Waals surface area contributed by atoms with Crippen molar-refractivity contribution < 1.29 is 9.72 Å². The second-order valence-electron chi connectivity index (χ2n) is 4.74. The molecule has 2 rings (SSSR count). The van der Waals surface area contributed by atoms with Gasteiger partial charge in [0, 0.05) is 23.0 Å². The van der Waals surface area contributed by atoms with Crippen molar-refractivity contribution in [2.24, 2.45) is 0 Å². The zero-order valence-electron chi connectivity index (χ0n) is 11.8. The van der Waals surface area contributed by atoms with E-state index < -0.39 is 10.8 Å². The van der Waals surface area contributed by atoms with Crippen molar-refractivity contribution in [1.29, 1.82) is 0 Å². The van der Waals surface area contributed by atoms with E-state index in [1.807, 2.05) is 6.92 Å². The van der Waals surface area contributed by atoms with Crippen LogP contribution in [-0.2, 0) is 6.42 Å². The second kappa shape index (κ2) is 6.17. The van der Waals surface area contributed by atoms with E-state index in [1.54, 1.807) is 25.1 Å². The normalized spacial score (nSPS) is 10.4. The zero-order chi connectivity index (χ0) is 15.4. The maximum Gasteiger partial charge on any atom is 0.276 e. The Hall–Kier alpha value is -2.70. The quantitative estimate of drug-likeness (QED) is 0.652. The number of rotatable bonds is 5. The Bertz CT molecular complexity index is 679. The summed E-state index contributed by atoms with van der Waals surface area (Å²) in [5.41, 5.74) is 2.04. The Kier molecular flexibility index (Phi) is 4.32. The van der Waals surface area contributed by atoms with Crippen LogP contribution >= 0.6 is 0 Å². The maximum absolute atomic E-state index is 12.0. The van der Waals surface area contributed by atoms with E-state index in [0.717, 1.165) is 18.5 Å². The Morgan fingerprint density at radius 3 is 2.86 bits per heavy atom. The minimum atomic E-state index is -0.473. The smallest absolute Gasteiger partial charge is 0.276 e. The van der Waals surface area contributed by atoms with Gasteiger partial charge in [-0.3, -0.25) is 20.0 Å². The average Bonchev–Trinajstić information content (AvgIpc) is 2.90. The number of nitro benzene ring substituents is 1. The highest BCUT2D eigenvalue weighted by atomic mass is 16.6. The molecule has 0 aliphatic heterocycles. The zero-order valence-corrected chi connectivity index (χ0v) is 11.8. The summed E-state index contributed by atoms with van der Waals surface area (Å²) in [4.78, 5) is 22.4. The monoisotopic (exact) mass is 288 g/mol. The van der Waals surface area contributed by atoms with E-state index in [9.17, 15) is 14.9 Å². The average molecular weight is 288 g/mol.